The lowest BCUT2D eigenvalue weighted by Gasteiger charge is -2.14. The standard InChI is InChI=1S/C14H23NO2/c1-4-11(5-2)10-17-14-8-12(9-16)7-13(6-3)15-14/h7-8,11,16H,4-6,9-10H2,1-3H3. The van der Waals surface area contributed by atoms with Gasteiger partial charge in [-0.1, -0.05) is 33.6 Å². The van der Waals surface area contributed by atoms with Crippen molar-refractivity contribution in [1.29, 1.82) is 0 Å². The van der Waals surface area contributed by atoms with Crippen LogP contribution in [0.5, 0.6) is 5.88 Å². The van der Waals surface area contributed by atoms with Crippen molar-refractivity contribution in [2.24, 2.45) is 5.92 Å². The molecular weight excluding hydrogens is 214 g/mol. The molecule has 0 bridgehead atoms. The van der Waals surface area contributed by atoms with E-state index >= 15 is 0 Å². The molecule has 1 rings (SSSR count). The van der Waals surface area contributed by atoms with Gasteiger partial charge in [0.2, 0.25) is 5.88 Å². The fourth-order valence-electron chi connectivity index (χ4n) is 1.69. The summed E-state index contributed by atoms with van der Waals surface area (Å²) in [6.07, 6.45) is 3.10. The molecule has 0 aliphatic rings. The van der Waals surface area contributed by atoms with Gasteiger partial charge in [-0.05, 0) is 24.0 Å². The largest absolute Gasteiger partial charge is 0.477 e. The molecule has 0 aromatic carbocycles. The maximum Gasteiger partial charge on any atom is 0.213 e. The predicted octanol–water partition coefficient (Wildman–Crippen LogP) is 2.95. The molecule has 3 heteroatoms. The first-order valence-corrected chi connectivity index (χ1v) is 6.46. The number of hydrogen-bond acceptors (Lipinski definition) is 3. The van der Waals surface area contributed by atoms with Crippen LogP contribution in [0.4, 0.5) is 0 Å². The van der Waals surface area contributed by atoms with Crippen molar-refractivity contribution in [2.75, 3.05) is 6.61 Å². The van der Waals surface area contributed by atoms with Crippen LogP contribution >= 0.6 is 0 Å². The van der Waals surface area contributed by atoms with E-state index in [1.54, 1.807) is 0 Å². The lowest BCUT2D eigenvalue weighted by atomic mass is 10.1. The molecule has 3 nitrogen and oxygen atoms in total. The minimum atomic E-state index is 0.0386. The van der Waals surface area contributed by atoms with Gasteiger partial charge in [0.25, 0.3) is 0 Å². The predicted molar refractivity (Wildman–Crippen MR) is 69.1 cm³/mol. The van der Waals surface area contributed by atoms with Crippen LogP contribution in [0, 0.1) is 5.92 Å². The van der Waals surface area contributed by atoms with Crippen molar-refractivity contribution in [2.45, 2.75) is 46.6 Å². The van der Waals surface area contributed by atoms with Crippen LogP contribution < -0.4 is 4.74 Å². The number of aromatic nitrogens is 1. The lowest BCUT2D eigenvalue weighted by molar-refractivity contribution is 0.230. The molecule has 0 amide bonds. The third kappa shape index (κ3) is 4.35. The fourth-order valence-corrected chi connectivity index (χ4v) is 1.69. The molecule has 0 atom stereocenters. The first-order valence-electron chi connectivity index (χ1n) is 6.46. The van der Waals surface area contributed by atoms with Crippen molar-refractivity contribution in [3.63, 3.8) is 0 Å². The number of aliphatic hydroxyl groups is 1. The van der Waals surface area contributed by atoms with Crippen molar-refractivity contribution >= 4 is 0 Å². The Morgan fingerprint density at radius 2 is 1.94 bits per heavy atom. The molecule has 1 N–H and O–H groups in total. The van der Waals surface area contributed by atoms with Crippen LogP contribution in [0.1, 0.15) is 44.9 Å². The molecule has 0 aliphatic heterocycles. The van der Waals surface area contributed by atoms with Crippen molar-refractivity contribution in [1.82, 2.24) is 4.98 Å². The molecule has 17 heavy (non-hydrogen) atoms. The molecule has 1 aromatic heterocycles. The monoisotopic (exact) mass is 237 g/mol. The highest BCUT2D eigenvalue weighted by molar-refractivity contribution is 5.24. The van der Waals surface area contributed by atoms with Gasteiger partial charge in [-0.15, -0.1) is 0 Å². The molecule has 96 valence electrons. The topological polar surface area (TPSA) is 42.4 Å². The second-order valence-corrected chi connectivity index (χ2v) is 4.31. The molecule has 1 heterocycles. The van der Waals surface area contributed by atoms with Crippen molar-refractivity contribution in [3.8, 4) is 5.88 Å². The molecule has 0 unspecified atom stereocenters. The molecule has 0 saturated heterocycles. The summed E-state index contributed by atoms with van der Waals surface area (Å²) in [6.45, 7) is 7.14. The number of aliphatic hydroxyl groups excluding tert-OH is 1. The maximum atomic E-state index is 9.17. The molecule has 1 aromatic rings. The summed E-state index contributed by atoms with van der Waals surface area (Å²) in [6, 6.07) is 3.74. The highest BCUT2D eigenvalue weighted by Crippen LogP contribution is 2.16. The summed E-state index contributed by atoms with van der Waals surface area (Å²) in [4.78, 5) is 4.41. The van der Waals surface area contributed by atoms with Gasteiger partial charge in [-0.3, -0.25) is 0 Å². The Hall–Kier alpha value is -1.09. The highest BCUT2D eigenvalue weighted by Gasteiger charge is 2.07. The van der Waals surface area contributed by atoms with Gasteiger partial charge in [0.15, 0.2) is 0 Å². The van der Waals surface area contributed by atoms with E-state index in [0.29, 0.717) is 18.4 Å². The third-order valence-corrected chi connectivity index (χ3v) is 3.08. The van der Waals surface area contributed by atoms with Gasteiger partial charge in [0.05, 0.1) is 13.2 Å². The van der Waals surface area contributed by atoms with Gasteiger partial charge in [0, 0.05) is 11.8 Å². The smallest absolute Gasteiger partial charge is 0.213 e. The Morgan fingerprint density at radius 3 is 2.47 bits per heavy atom. The summed E-state index contributed by atoms with van der Waals surface area (Å²) < 4.78 is 5.71. The average molecular weight is 237 g/mol. The second kappa shape index (κ2) is 7.28. The van der Waals surface area contributed by atoms with Gasteiger partial charge in [0.1, 0.15) is 0 Å². The Balaban J connectivity index is 2.69. The van der Waals surface area contributed by atoms with E-state index in [2.05, 4.69) is 18.8 Å². The summed E-state index contributed by atoms with van der Waals surface area (Å²) in [7, 11) is 0. The Labute approximate surface area is 104 Å². The lowest BCUT2D eigenvalue weighted by Crippen LogP contribution is -2.11. The third-order valence-electron chi connectivity index (χ3n) is 3.08. The number of hydrogen-bond donors (Lipinski definition) is 1. The van der Waals surface area contributed by atoms with E-state index in [4.69, 9.17) is 9.84 Å². The number of aryl methyl sites for hydroxylation is 1. The van der Waals surface area contributed by atoms with Crippen LogP contribution in [0.15, 0.2) is 12.1 Å². The van der Waals surface area contributed by atoms with Crippen LogP contribution in [0.25, 0.3) is 0 Å². The van der Waals surface area contributed by atoms with Crippen LogP contribution in [0.3, 0.4) is 0 Å². The van der Waals surface area contributed by atoms with E-state index < -0.39 is 0 Å². The Morgan fingerprint density at radius 1 is 1.24 bits per heavy atom. The van der Waals surface area contributed by atoms with Gasteiger partial charge in [-0.2, -0.15) is 0 Å². The zero-order valence-corrected chi connectivity index (χ0v) is 11.1. The maximum absolute atomic E-state index is 9.17. The van der Waals surface area contributed by atoms with Crippen LogP contribution in [-0.2, 0) is 13.0 Å². The van der Waals surface area contributed by atoms with E-state index in [0.717, 1.165) is 30.5 Å². The average Bonchev–Trinajstić information content (AvgIpc) is 2.39. The number of pyridine rings is 1. The van der Waals surface area contributed by atoms with E-state index in [9.17, 15) is 0 Å². The first-order chi connectivity index (χ1) is 8.23. The van der Waals surface area contributed by atoms with Crippen LogP contribution in [-0.4, -0.2) is 16.7 Å². The molecular formula is C14H23NO2. The Kier molecular flexibility index (Phi) is 5.98. The SMILES string of the molecule is CCc1cc(CO)cc(OCC(CC)CC)n1. The van der Waals surface area contributed by atoms with E-state index in [1.807, 2.05) is 19.1 Å². The first kappa shape index (κ1) is 14.0. The zero-order chi connectivity index (χ0) is 12.7. The van der Waals surface area contributed by atoms with E-state index in [-0.39, 0.29) is 6.61 Å². The molecule has 0 spiro atoms. The van der Waals surface area contributed by atoms with E-state index in [1.165, 1.54) is 0 Å². The normalized spacial score (nSPS) is 10.9. The summed E-state index contributed by atoms with van der Waals surface area (Å²) >= 11 is 0. The summed E-state index contributed by atoms with van der Waals surface area (Å²) in [5, 5.41) is 9.17. The van der Waals surface area contributed by atoms with Crippen LogP contribution in [0.2, 0.25) is 0 Å². The summed E-state index contributed by atoms with van der Waals surface area (Å²) in [5.74, 6) is 1.22. The minimum Gasteiger partial charge on any atom is -0.477 e. The van der Waals surface area contributed by atoms with Crippen molar-refractivity contribution in [3.05, 3.63) is 23.4 Å². The number of nitrogens with zero attached hydrogens (tertiary/aromatic N) is 1. The molecule has 0 radical (unpaired) electrons. The molecule has 0 saturated carbocycles. The number of rotatable bonds is 7. The highest BCUT2D eigenvalue weighted by atomic mass is 16.5. The quantitative estimate of drug-likeness (QED) is 0.792. The minimum absolute atomic E-state index is 0.0386. The van der Waals surface area contributed by atoms with Crippen molar-refractivity contribution < 1.29 is 9.84 Å². The molecule has 0 fully saturated rings. The van der Waals surface area contributed by atoms with Gasteiger partial charge >= 0.3 is 0 Å². The number of ether oxygens (including phenoxy) is 1. The van der Waals surface area contributed by atoms with Gasteiger partial charge in [-0.25, -0.2) is 4.98 Å². The summed E-state index contributed by atoms with van der Waals surface area (Å²) in [5.41, 5.74) is 1.84. The molecule has 0 aliphatic carbocycles. The fraction of sp³-hybridized carbons (Fsp3) is 0.643. The zero-order valence-electron chi connectivity index (χ0n) is 11.1. The second-order valence-electron chi connectivity index (χ2n) is 4.31. The Bertz CT molecular complexity index is 313. The van der Waals surface area contributed by atoms with Gasteiger partial charge < -0.3 is 9.84 Å².